The van der Waals surface area contributed by atoms with Gasteiger partial charge in [0.1, 0.15) is 5.75 Å². The standard InChI is InChI=1S/C22H20N2O3/c23-24(22(27)18-13-7-8-14-20(18)25)21(26)15-19(16-9-3-1-4-10-16)17-11-5-2-6-12-17/h1-14,19,25H,15,23H2. The van der Waals surface area contributed by atoms with Gasteiger partial charge in [0.05, 0.1) is 5.56 Å². The molecule has 0 bridgehead atoms. The molecule has 0 fully saturated rings. The van der Waals surface area contributed by atoms with E-state index in [1.807, 2.05) is 60.7 Å². The number of hydrazine groups is 1. The summed E-state index contributed by atoms with van der Waals surface area (Å²) in [5, 5.41) is 10.4. The number of nitrogens with two attached hydrogens (primary N) is 1. The minimum atomic E-state index is -0.738. The molecule has 27 heavy (non-hydrogen) atoms. The molecule has 0 unspecified atom stereocenters. The number of phenols is 1. The molecule has 0 saturated carbocycles. The molecule has 3 N–H and O–H groups in total. The predicted molar refractivity (Wildman–Crippen MR) is 103 cm³/mol. The molecular weight excluding hydrogens is 340 g/mol. The van der Waals surface area contributed by atoms with Crippen molar-refractivity contribution in [3.63, 3.8) is 0 Å². The molecule has 0 aromatic heterocycles. The molecule has 0 radical (unpaired) electrons. The van der Waals surface area contributed by atoms with Crippen LogP contribution in [0.1, 0.15) is 33.8 Å². The van der Waals surface area contributed by atoms with Gasteiger partial charge in [-0.15, -0.1) is 0 Å². The zero-order valence-corrected chi connectivity index (χ0v) is 14.7. The maximum absolute atomic E-state index is 12.7. The van der Waals surface area contributed by atoms with E-state index in [0.717, 1.165) is 11.1 Å². The summed E-state index contributed by atoms with van der Waals surface area (Å²) in [7, 11) is 0. The SMILES string of the molecule is NN(C(=O)CC(c1ccccc1)c1ccccc1)C(=O)c1ccccc1O. The van der Waals surface area contributed by atoms with Crippen LogP contribution < -0.4 is 5.84 Å². The maximum atomic E-state index is 12.7. The molecule has 0 aliphatic heterocycles. The van der Waals surface area contributed by atoms with Crippen molar-refractivity contribution >= 4 is 11.8 Å². The minimum Gasteiger partial charge on any atom is -0.507 e. The molecule has 0 aliphatic rings. The second kappa shape index (κ2) is 8.29. The Labute approximate surface area is 157 Å². The number of carbonyl (C=O) groups excluding carboxylic acids is 2. The van der Waals surface area contributed by atoms with Crippen LogP contribution in [-0.2, 0) is 4.79 Å². The van der Waals surface area contributed by atoms with Gasteiger partial charge in [-0.05, 0) is 23.3 Å². The van der Waals surface area contributed by atoms with E-state index in [1.165, 1.54) is 12.1 Å². The number of hydrogen-bond donors (Lipinski definition) is 2. The maximum Gasteiger partial charge on any atom is 0.278 e. The van der Waals surface area contributed by atoms with Gasteiger partial charge < -0.3 is 5.11 Å². The van der Waals surface area contributed by atoms with Gasteiger partial charge in [0.15, 0.2) is 0 Å². The first-order valence-corrected chi connectivity index (χ1v) is 8.58. The lowest BCUT2D eigenvalue weighted by molar-refractivity contribution is -0.129. The molecule has 2 amide bonds. The Morgan fingerprint density at radius 2 is 1.30 bits per heavy atom. The van der Waals surface area contributed by atoms with E-state index in [9.17, 15) is 14.7 Å². The van der Waals surface area contributed by atoms with Crippen molar-refractivity contribution in [2.24, 2.45) is 5.84 Å². The van der Waals surface area contributed by atoms with Crippen LogP contribution >= 0.6 is 0 Å². The molecule has 0 heterocycles. The summed E-state index contributed by atoms with van der Waals surface area (Å²) in [5.74, 6) is 4.08. The number of carbonyl (C=O) groups is 2. The van der Waals surface area contributed by atoms with E-state index in [4.69, 9.17) is 5.84 Å². The van der Waals surface area contributed by atoms with Crippen LogP contribution in [0, 0.1) is 0 Å². The Hall–Kier alpha value is -3.44. The minimum absolute atomic E-state index is 0.00989. The van der Waals surface area contributed by atoms with Gasteiger partial charge in [-0.3, -0.25) is 9.59 Å². The zero-order chi connectivity index (χ0) is 19.2. The van der Waals surface area contributed by atoms with Crippen LogP contribution in [0.15, 0.2) is 84.9 Å². The van der Waals surface area contributed by atoms with E-state index in [0.29, 0.717) is 5.01 Å². The summed E-state index contributed by atoms with van der Waals surface area (Å²) in [4.78, 5) is 25.2. The first kappa shape index (κ1) is 18.4. The van der Waals surface area contributed by atoms with Gasteiger partial charge in [0, 0.05) is 12.3 Å². The molecule has 0 spiro atoms. The van der Waals surface area contributed by atoms with Crippen LogP contribution in [0.2, 0.25) is 0 Å². The van der Waals surface area contributed by atoms with E-state index in [1.54, 1.807) is 12.1 Å². The quantitative estimate of drug-likeness (QED) is 0.415. The van der Waals surface area contributed by atoms with Crippen molar-refractivity contribution in [2.75, 3.05) is 0 Å². The monoisotopic (exact) mass is 360 g/mol. The molecule has 3 aromatic carbocycles. The summed E-state index contributed by atoms with van der Waals surface area (Å²) in [6, 6.07) is 25.2. The summed E-state index contributed by atoms with van der Waals surface area (Å²) in [6.07, 6.45) is 0.0316. The number of nitrogens with zero attached hydrogens (tertiary/aromatic N) is 1. The van der Waals surface area contributed by atoms with E-state index in [-0.39, 0.29) is 23.7 Å². The van der Waals surface area contributed by atoms with Gasteiger partial charge in [-0.2, -0.15) is 0 Å². The zero-order valence-electron chi connectivity index (χ0n) is 14.7. The van der Waals surface area contributed by atoms with Crippen LogP contribution in [0.3, 0.4) is 0 Å². The number of amides is 2. The number of hydrogen-bond acceptors (Lipinski definition) is 4. The van der Waals surface area contributed by atoms with Crippen molar-refractivity contribution in [2.45, 2.75) is 12.3 Å². The molecule has 3 aromatic rings. The lowest BCUT2D eigenvalue weighted by Gasteiger charge is -2.21. The number of rotatable bonds is 5. The summed E-state index contributed by atoms with van der Waals surface area (Å²) in [5.41, 5.74) is 1.91. The van der Waals surface area contributed by atoms with Crippen molar-refractivity contribution in [1.29, 1.82) is 0 Å². The summed E-state index contributed by atoms with van der Waals surface area (Å²) < 4.78 is 0. The van der Waals surface area contributed by atoms with E-state index < -0.39 is 11.8 Å². The first-order chi connectivity index (χ1) is 13.1. The van der Waals surface area contributed by atoms with Gasteiger partial charge >= 0.3 is 0 Å². The van der Waals surface area contributed by atoms with Gasteiger partial charge in [0.25, 0.3) is 5.91 Å². The van der Waals surface area contributed by atoms with Crippen molar-refractivity contribution in [1.82, 2.24) is 5.01 Å². The number of aromatic hydroxyl groups is 1. The number of phenolic OH excluding ortho intramolecular Hbond substituents is 1. The van der Waals surface area contributed by atoms with Gasteiger partial charge in [0.2, 0.25) is 5.91 Å². The van der Waals surface area contributed by atoms with Crippen molar-refractivity contribution in [3.8, 4) is 5.75 Å². The fourth-order valence-electron chi connectivity index (χ4n) is 2.97. The van der Waals surface area contributed by atoms with Gasteiger partial charge in [-0.25, -0.2) is 10.9 Å². The summed E-state index contributed by atoms with van der Waals surface area (Å²) in [6.45, 7) is 0. The largest absolute Gasteiger partial charge is 0.507 e. The van der Waals surface area contributed by atoms with Gasteiger partial charge in [-0.1, -0.05) is 72.8 Å². The molecule has 5 heteroatoms. The third-order valence-corrected chi connectivity index (χ3v) is 4.40. The molecule has 5 nitrogen and oxygen atoms in total. The van der Waals surface area contributed by atoms with Crippen LogP contribution in [0.4, 0.5) is 0 Å². The Morgan fingerprint density at radius 3 is 1.81 bits per heavy atom. The molecule has 0 atom stereocenters. The molecule has 0 aliphatic carbocycles. The number of imide groups is 1. The fraction of sp³-hybridized carbons (Fsp3) is 0.0909. The number of para-hydroxylation sites is 1. The normalized spacial score (nSPS) is 10.6. The topological polar surface area (TPSA) is 83.6 Å². The van der Waals surface area contributed by atoms with Crippen molar-refractivity contribution < 1.29 is 14.7 Å². The summed E-state index contributed by atoms with van der Waals surface area (Å²) >= 11 is 0. The third kappa shape index (κ3) is 4.22. The lowest BCUT2D eigenvalue weighted by atomic mass is 9.88. The predicted octanol–water partition coefficient (Wildman–Crippen LogP) is 3.46. The molecular formula is C22H20N2O3. The van der Waals surface area contributed by atoms with Crippen LogP contribution in [0.25, 0.3) is 0 Å². The fourth-order valence-corrected chi connectivity index (χ4v) is 2.97. The Balaban J connectivity index is 1.84. The lowest BCUT2D eigenvalue weighted by Crippen LogP contribution is -2.43. The highest BCUT2D eigenvalue weighted by atomic mass is 16.3. The second-order valence-corrected chi connectivity index (χ2v) is 6.16. The Bertz CT molecular complexity index is 887. The average Bonchev–Trinajstić information content (AvgIpc) is 2.72. The average molecular weight is 360 g/mol. The molecule has 0 saturated heterocycles. The second-order valence-electron chi connectivity index (χ2n) is 6.16. The van der Waals surface area contributed by atoms with E-state index in [2.05, 4.69) is 0 Å². The van der Waals surface area contributed by atoms with E-state index >= 15 is 0 Å². The molecule has 3 rings (SSSR count). The molecule has 136 valence electrons. The number of benzene rings is 3. The smallest absolute Gasteiger partial charge is 0.278 e. The first-order valence-electron chi connectivity index (χ1n) is 8.58. The van der Waals surface area contributed by atoms with Crippen LogP contribution in [0.5, 0.6) is 5.75 Å². The Morgan fingerprint density at radius 1 is 0.815 bits per heavy atom. The highest BCUT2D eigenvalue weighted by Crippen LogP contribution is 2.28. The van der Waals surface area contributed by atoms with Crippen LogP contribution in [-0.4, -0.2) is 21.9 Å². The highest BCUT2D eigenvalue weighted by molar-refractivity contribution is 6.05. The highest BCUT2D eigenvalue weighted by Gasteiger charge is 2.26. The third-order valence-electron chi connectivity index (χ3n) is 4.40. The Kier molecular flexibility index (Phi) is 5.64. The van der Waals surface area contributed by atoms with Crippen molar-refractivity contribution in [3.05, 3.63) is 102 Å².